The van der Waals surface area contributed by atoms with Crippen molar-refractivity contribution in [3.63, 3.8) is 0 Å². The number of sulfonamides is 1. The van der Waals surface area contributed by atoms with Crippen LogP contribution in [-0.4, -0.2) is 30.5 Å². The second kappa shape index (κ2) is 9.72. The van der Waals surface area contributed by atoms with Gasteiger partial charge in [0.2, 0.25) is 10.0 Å². The summed E-state index contributed by atoms with van der Waals surface area (Å²) in [7, 11) is -3.28. The Bertz CT molecular complexity index is 1230. The van der Waals surface area contributed by atoms with E-state index in [4.69, 9.17) is 0 Å². The number of benzene rings is 2. The first-order valence-corrected chi connectivity index (χ1v) is 12.2. The molecule has 176 valence electrons. The average Bonchev–Trinajstić information content (AvgIpc) is 3.16. The maximum absolute atomic E-state index is 13.8. The highest BCUT2D eigenvalue weighted by atomic mass is 32.2. The lowest BCUT2D eigenvalue weighted by atomic mass is 9.92. The summed E-state index contributed by atoms with van der Waals surface area (Å²) in [6.45, 7) is 6.45. The normalized spacial score (nSPS) is 11.9. The summed E-state index contributed by atoms with van der Waals surface area (Å²) in [5.41, 5.74) is 3.21. The van der Waals surface area contributed by atoms with E-state index in [9.17, 15) is 17.6 Å². The van der Waals surface area contributed by atoms with E-state index < -0.39 is 16.1 Å². The zero-order valence-electron chi connectivity index (χ0n) is 19.0. The number of urea groups is 1. The molecule has 3 N–H and O–H groups in total. The van der Waals surface area contributed by atoms with Gasteiger partial charge < -0.3 is 10.6 Å². The fourth-order valence-corrected chi connectivity index (χ4v) is 3.44. The van der Waals surface area contributed by atoms with Crippen LogP contribution in [0.2, 0.25) is 0 Å². The minimum atomic E-state index is -3.28. The average molecular weight is 474 g/mol. The van der Waals surface area contributed by atoms with E-state index in [0.717, 1.165) is 17.5 Å². The van der Waals surface area contributed by atoms with Crippen molar-refractivity contribution in [3.8, 4) is 5.69 Å². The topological polar surface area (TPSA) is 105 Å². The molecule has 1 heterocycles. The molecule has 8 nitrogen and oxygen atoms in total. The third kappa shape index (κ3) is 7.13. The summed E-state index contributed by atoms with van der Waals surface area (Å²) in [4.78, 5) is 12.4. The Hall–Kier alpha value is -3.24. The fraction of sp³-hybridized carbons (Fsp3) is 0.304. The van der Waals surface area contributed by atoms with Crippen molar-refractivity contribution in [1.29, 1.82) is 0 Å². The Labute approximate surface area is 193 Å². The summed E-state index contributed by atoms with van der Waals surface area (Å²) < 4.78 is 40.2. The van der Waals surface area contributed by atoms with E-state index in [1.165, 1.54) is 12.1 Å². The molecule has 0 aliphatic heterocycles. The number of anilines is 1. The predicted molar refractivity (Wildman–Crippen MR) is 126 cm³/mol. The van der Waals surface area contributed by atoms with Gasteiger partial charge in [-0.05, 0) is 42.0 Å². The van der Waals surface area contributed by atoms with Gasteiger partial charge in [0.15, 0.2) is 0 Å². The summed E-state index contributed by atoms with van der Waals surface area (Å²) in [5.74, 6) is -0.368. The number of nitrogens with one attached hydrogen (secondary N) is 3. The number of nitrogens with zero attached hydrogens (tertiary/aromatic N) is 2. The number of halogens is 1. The van der Waals surface area contributed by atoms with Crippen LogP contribution in [0.3, 0.4) is 0 Å². The molecule has 0 bridgehead atoms. The maximum atomic E-state index is 13.8. The van der Waals surface area contributed by atoms with Crippen molar-refractivity contribution in [2.45, 2.75) is 39.3 Å². The second-order valence-corrected chi connectivity index (χ2v) is 10.6. The van der Waals surface area contributed by atoms with E-state index >= 15 is 0 Å². The molecule has 3 rings (SSSR count). The molecule has 0 aliphatic carbocycles. The summed E-state index contributed by atoms with van der Waals surface area (Å²) in [5, 5.41) is 10.2. The zero-order chi connectivity index (χ0) is 24.2. The van der Waals surface area contributed by atoms with Gasteiger partial charge in [-0.25, -0.2) is 27.0 Å². The van der Waals surface area contributed by atoms with E-state index in [0.29, 0.717) is 17.1 Å². The molecule has 0 fully saturated rings. The Balaban J connectivity index is 1.68. The van der Waals surface area contributed by atoms with Crippen molar-refractivity contribution in [3.05, 3.63) is 77.4 Å². The van der Waals surface area contributed by atoms with E-state index in [-0.39, 0.29) is 24.3 Å². The van der Waals surface area contributed by atoms with Gasteiger partial charge >= 0.3 is 6.03 Å². The van der Waals surface area contributed by atoms with E-state index in [1.807, 2.05) is 26.8 Å². The van der Waals surface area contributed by atoms with Crippen LogP contribution in [0.15, 0.2) is 54.6 Å². The predicted octanol–water partition coefficient (Wildman–Crippen LogP) is 3.68. The smallest absolute Gasteiger partial charge is 0.319 e. The van der Waals surface area contributed by atoms with Crippen LogP contribution in [-0.2, 0) is 28.5 Å². The van der Waals surface area contributed by atoms with Crippen LogP contribution in [0, 0.1) is 5.82 Å². The molecule has 33 heavy (non-hydrogen) atoms. The Morgan fingerprint density at radius 3 is 2.36 bits per heavy atom. The first-order valence-electron chi connectivity index (χ1n) is 10.3. The van der Waals surface area contributed by atoms with Crippen LogP contribution in [0.25, 0.3) is 5.69 Å². The van der Waals surface area contributed by atoms with Gasteiger partial charge in [-0.15, -0.1) is 0 Å². The van der Waals surface area contributed by atoms with Crippen LogP contribution in [0.1, 0.15) is 37.7 Å². The number of amides is 2. The molecule has 0 radical (unpaired) electrons. The standard InChI is InChI=1S/C23H28FN5O3S/c1-23(2,3)21-13-20(29(28-21)19-7-5-6-17(24)12-19)15-25-22(30)27-18-10-8-16(9-11-18)14-26-33(4,31)32/h5-13,26H,14-15H2,1-4H3,(H2,25,27,30). The lowest BCUT2D eigenvalue weighted by Crippen LogP contribution is -2.29. The fourth-order valence-electron chi connectivity index (χ4n) is 3.01. The highest BCUT2D eigenvalue weighted by Crippen LogP contribution is 2.24. The third-order valence-corrected chi connectivity index (χ3v) is 5.45. The van der Waals surface area contributed by atoms with Gasteiger partial charge in [0.25, 0.3) is 0 Å². The van der Waals surface area contributed by atoms with Gasteiger partial charge in [0, 0.05) is 17.6 Å². The number of carbonyl (C=O) groups excluding carboxylic acids is 1. The Morgan fingerprint density at radius 2 is 1.76 bits per heavy atom. The first-order chi connectivity index (χ1) is 15.4. The zero-order valence-corrected chi connectivity index (χ0v) is 19.8. The highest BCUT2D eigenvalue weighted by molar-refractivity contribution is 7.88. The van der Waals surface area contributed by atoms with Crippen LogP contribution in [0.5, 0.6) is 0 Å². The molecule has 2 aromatic carbocycles. The molecule has 3 aromatic rings. The van der Waals surface area contributed by atoms with Crippen molar-refractivity contribution < 1.29 is 17.6 Å². The maximum Gasteiger partial charge on any atom is 0.319 e. The van der Waals surface area contributed by atoms with Crippen molar-refractivity contribution in [2.75, 3.05) is 11.6 Å². The SMILES string of the molecule is CC(C)(C)c1cc(CNC(=O)Nc2ccc(CNS(C)(=O)=O)cc2)n(-c2cccc(F)c2)n1. The van der Waals surface area contributed by atoms with Crippen LogP contribution >= 0.6 is 0 Å². The number of hydrogen-bond donors (Lipinski definition) is 3. The summed E-state index contributed by atoms with van der Waals surface area (Å²) in [6.07, 6.45) is 1.10. The number of hydrogen-bond acceptors (Lipinski definition) is 4. The molecule has 0 aliphatic rings. The molecule has 2 amide bonds. The minimum absolute atomic E-state index is 0.172. The van der Waals surface area contributed by atoms with E-state index in [2.05, 4.69) is 20.5 Å². The quantitative estimate of drug-likeness (QED) is 0.487. The monoisotopic (exact) mass is 473 g/mol. The van der Waals surface area contributed by atoms with Crippen LogP contribution < -0.4 is 15.4 Å². The number of rotatable bonds is 7. The van der Waals surface area contributed by atoms with Gasteiger partial charge in [-0.1, -0.05) is 39.0 Å². The lowest BCUT2D eigenvalue weighted by molar-refractivity contribution is 0.251. The van der Waals surface area contributed by atoms with Gasteiger partial charge in [-0.2, -0.15) is 5.10 Å². The summed E-state index contributed by atoms with van der Waals surface area (Å²) in [6, 6.07) is 14.4. The minimum Gasteiger partial charge on any atom is -0.332 e. The number of aromatic nitrogens is 2. The molecule has 0 saturated heterocycles. The summed E-state index contributed by atoms with van der Waals surface area (Å²) >= 11 is 0. The third-order valence-electron chi connectivity index (χ3n) is 4.78. The molecular formula is C23H28FN5O3S. The molecule has 0 spiro atoms. The largest absolute Gasteiger partial charge is 0.332 e. The van der Waals surface area contributed by atoms with Crippen molar-refractivity contribution in [2.24, 2.45) is 0 Å². The van der Waals surface area contributed by atoms with Gasteiger partial charge in [0.05, 0.1) is 29.9 Å². The molecule has 0 saturated carbocycles. The van der Waals surface area contributed by atoms with Gasteiger partial charge in [0.1, 0.15) is 5.82 Å². The Kier molecular flexibility index (Phi) is 7.19. The Morgan fingerprint density at radius 1 is 1.06 bits per heavy atom. The molecule has 10 heteroatoms. The molecule has 0 unspecified atom stereocenters. The molecule has 1 aromatic heterocycles. The number of carbonyl (C=O) groups is 1. The van der Waals surface area contributed by atoms with E-state index in [1.54, 1.807) is 41.1 Å². The second-order valence-electron chi connectivity index (χ2n) is 8.76. The van der Waals surface area contributed by atoms with Crippen molar-refractivity contribution >= 4 is 21.7 Å². The molecular weight excluding hydrogens is 445 g/mol. The highest BCUT2D eigenvalue weighted by Gasteiger charge is 2.21. The van der Waals surface area contributed by atoms with Crippen LogP contribution in [0.4, 0.5) is 14.9 Å². The molecule has 0 atom stereocenters. The lowest BCUT2D eigenvalue weighted by Gasteiger charge is -2.14. The van der Waals surface area contributed by atoms with Gasteiger partial charge in [-0.3, -0.25) is 0 Å². The first kappa shape index (κ1) is 24.4. The van der Waals surface area contributed by atoms with Crippen molar-refractivity contribution in [1.82, 2.24) is 19.8 Å².